The first-order chi connectivity index (χ1) is 16.4. The summed E-state index contributed by atoms with van der Waals surface area (Å²) in [6, 6.07) is 8.81. The fourth-order valence-electron chi connectivity index (χ4n) is 3.72. The molecule has 2 aliphatic rings. The third-order valence-corrected chi connectivity index (χ3v) is 26.4. The molecule has 0 atom stereocenters. The maximum absolute atomic E-state index is 13.0. The van der Waals surface area contributed by atoms with Gasteiger partial charge in [-0.2, -0.15) is 0 Å². The molecule has 0 spiro atoms. The highest BCUT2D eigenvalue weighted by atomic mass is 32.2. The monoisotopic (exact) mass is 588 g/mol. The maximum atomic E-state index is 13.0. The van der Waals surface area contributed by atoms with E-state index in [2.05, 4.69) is 92.0 Å². The zero-order valence-corrected chi connectivity index (χ0v) is 28.2. The van der Waals surface area contributed by atoms with Crippen molar-refractivity contribution in [2.75, 3.05) is 0 Å². The van der Waals surface area contributed by atoms with Crippen molar-refractivity contribution in [2.45, 2.75) is 77.8 Å². The topological polar surface area (TPSA) is 34.1 Å². The fourth-order valence-corrected chi connectivity index (χ4v) is 14.2. The Morgan fingerprint density at radius 1 is 0.583 bits per heavy atom. The van der Waals surface area contributed by atoms with Gasteiger partial charge in [-0.25, -0.2) is 0 Å². The van der Waals surface area contributed by atoms with Crippen molar-refractivity contribution in [3.63, 3.8) is 0 Å². The van der Waals surface area contributed by atoms with Crippen LogP contribution >= 0.6 is 46.2 Å². The third-order valence-electron chi connectivity index (χ3n) is 8.37. The zero-order chi connectivity index (χ0) is 26.8. The van der Waals surface area contributed by atoms with Crippen LogP contribution in [0.2, 0.25) is 36.3 Å². The van der Waals surface area contributed by atoms with Crippen LogP contribution < -0.4 is 9.00 Å². The van der Waals surface area contributed by atoms with E-state index in [9.17, 15) is 9.59 Å². The molecular formula is C28H36O2S4Si2. The highest BCUT2D eigenvalue weighted by molar-refractivity contribution is 8.23. The first-order valence-corrected chi connectivity index (χ1v) is 21.5. The number of carbonyl (C=O) groups is 2. The van der Waals surface area contributed by atoms with E-state index in [0.717, 1.165) is 19.6 Å². The molecule has 2 aromatic rings. The quantitative estimate of drug-likeness (QED) is 0.265. The molecule has 0 saturated heterocycles. The third kappa shape index (κ3) is 4.94. The normalized spacial score (nSPS) is 19.8. The molecule has 2 aliphatic heterocycles. The molecule has 4 heterocycles. The molecule has 8 heteroatoms. The highest BCUT2D eigenvalue weighted by Crippen LogP contribution is 2.47. The van der Waals surface area contributed by atoms with Gasteiger partial charge in [0.25, 0.3) is 0 Å². The van der Waals surface area contributed by atoms with Crippen molar-refractivity contribution in [1.29, 1.82) is 0 Å². The smallest absolute Gasteiger partial charge is 0.224 e. The first-order valence-electron chi connectivity index (χ1n) is 12.3. The lowest BCUT2D eigenvalue weighted by Gasteiger charge is -2.35. The minimum Gasteiger partial charge on any atom is -0.281 e. The predicted molar refractivity (Wildman–Crippen MR) is 170 cm³/mol. The lowest BCUT2D eigenvalue weighted by molar-refractivity contribution is -0.109. The Morgan fingerprint density at radius 2 is 0.917 bits per heavy atom. The van der Waals surface area contributed by atoms with Gasteiger partial charge in [-0.3, -0.25) is 9.59 Å². The van der Waals surface area contributed by atoms with Crippen molar-refractivity contribution in [1.82, 2.24) is 0 Å². The molecule has 0 saturated carbocycles. The van der Waals surface area contributed by atoms with Gasteiger partial charge in [0.15, 0.2) is 0 Å². The molecule has 0 aliphatic carbocycles. The number of hydrogen-bond donors (Lipinski definition) is 0. The number of thioether (sulfide) groups is 2. The van der Waals surface area contributed by atoms with Crippen molar-refractivity contribution in [3.05, 3.63) is 57.3 Å². The van der Waals surface area contributed by atoms with Crippen LogP contribution in [0.25, 0.3) is 9.81 Å². The number of carbonyl (C=O) groups excluding carboxylic acids is 2. The summed E-state index contributed by atoms with van der Waals surface area (Å²) >= 11 is 6.15. The first kappa shape index (κ1) is 28.1. The van der Waals surface area contributed by atoms with E-state index in [1.165, 1.54) is 32.5 Å². The van der Waals surface area contributed by atoms with E-state index >= 15 is 0 Å². The summed E-state index contributed by atoms with van der Waals surface area (Å²) in [7, 11) is -3.26. The van der Waals surface area contributed by atoms with E-state index in [0.29, 0.717) is 11.1 Å². The molecular weight excluding hydrogens is 553 g/mol. The minimum atomic E-state index is -1.63. The van der Waals surface area contributed by atoms with E-state index in [-0.39, 0.29) is 20.3 Å². The van der Waals surface area contributed by atoms with Crippen molar-refractivity contribution >= 4 is 91.4 Å². The minimum absolute atomic E-state index is 0.0260. The van der Waals surface area contributed by atoms with Gasteiger partial charge in [0, 0.05) is 30.7 Å². The average Bonchev–Trinajstić information content (AvgIpc) is 3.52. The van der Waals surface area contributed by atoms with Crippen LogP contribution in [0.5, 0.6) is 0 Å². The maximum Gasteiger partial charge on any atom is 0.224 e. The Morgan fingerprint density at radius 3 is 1.22 bits per heavy atom. The molecule has 2 aromatic heterocycles. The van der Waals surface area contributed by atoms with Gasteiger partial charge >= 0.3 is 0 Å². The van der Waals surface area contributed by atoms with Crippen molar-refractivity contribution in [2.24, 2.45) is 0 Å². The Bertz CT molecular complexity index is 1240. The largest absolute Gasteiger partial charge is 0.281 e. The van der Waals surface area contributed by atoms with Crippen LogP contribution in [0.4, 0.5) is 0 Å². The average molecular weight is 589 g/mol. The van der Waals surface area contributed by atoms with Crippen LogP contribution in [0.1, 0.15) is 51.3 Å². The SMILES string of the molecule is CC(C)(C)[Si](C)(C)c1ccc(C2=C/C(=C3/C=C(c4ccc([Si](C)(C)C(C)(C)C)s4)SC3=O)C(=O)S2)s1. The Balaban J connectivity index is 1.66. The summed E-state index contributed by atoms with van der Waals surface area (Å²) in [4.78, 5) is 30.2. The molecule has 4 rings (SSSR count). The standard InChI is InChI=1S/C28H36O2S4Si2/c1-27(2,3)35(7,8)23-13-11-19(31-23)21-15-17(25(29)33-21)18-16-22(34-26(18)30)20-12-14-24(32-20)36(9,10)28(4,5)6/h11-16H,1-10H3/b18-17+. The molecule has 0 bridgehead atoms. The number of thiophene rings is 2. The van der Waals surface area contributed by atoms with Crippen LogP contribution in [0.3, 0.4) is 0 Å². The fraction of sp³-hybridized carbons (Fsp3) is 0.429. The van der Waals surface area contributed by atoms with Crippen LogP contribution in [0, 0.1) is 0 Å². The zero-order valence-electron chi connectivity index (χ0n) is 22.9. The van der Waals surface area contributed by atoms with Crippen molar-refractivity contribution in [3.8, 4) is 0 Å². The molecule has 0 fully saturated rings. The molecule has 0 amide bonds. The van der Waals surface area contributed by atoms with E-state index in [1.807, 2.05) is 34.8 Å². The van der Waals surface area contributed by atoms with Gasteiger partial charge in [0.2, 0.25) is 10.2 Å². The van der Waals surface area contributed by atoms with E-state index < -0.39 is 16.1 Å². The van der Waals surface area contributed by atoms with Gasteiger partial charge in [0.05, 0.1) is 16.1 Å². The molecule has 36 heavy (non-hydrogen) atoms. The summed E-state index contributed by atoms with van der Waals surface area (Å²) in [6.07, 6.45) is 3.88. The van der Waals surface area contributed by atoms with E-state index in [4.69, 9.17) is 0 Å². The van der Waals surface area contributed by atoms with Crippen LogP contribution in [-0.2, 0) is 9.59 Å². The van der Waals surface area contributed by atoms with Gasteiger partial charge in [-0.05, 0) is 66.9 Å². The van der Waals surface area contributed by atoms with Crippen LogP contribution in [0.15, 0.2) is 47.6 Å². The molecule has 0 unspecified atom stereocenters. The lowest BCUT2D eigenvalue weighted by Crippen LogP contribution is -2.47. The Labute approximate surface area is 234 Å². The lowest BCUT2D eigenvalue weighted by atomic mass is 10.1. The van der Waals surface area contributed by atoms with Gasteiger partial charge in [-0.15, -0.1) is 22.7 Å². The second-order valence-electron chi connectivity index (χ2n) is 12.7. The number of hydrogen-bond acceptors (Lipinski definition) is 6. The molecule has 0 N–H and O–H groups in total. The molecule has 2 nitrogen and oxygen atoms in total. The highest BCUT2D eigenvalue weighted by Gasteiger charge is 2.40. The Kier molecular flexibility index (Phi) is 7.32. The predicted octanol–water partition coefficient (Wildman–Crippen LogP) is 8.47. The molecule has 0 radical (unpaired) electrons. The summed E-state index contributed by atoms with van der Waals surface area (Å²) in [5.41, 5.74) is 1.09. The Hall–Kier alpha value is -0.906. The van der Waals surface area contributed by atoms with Gasteiger partial charge in [-0.1, -0.05) is 79.9 Å². The summed E-state index contributed by atoms with van der Waals surface area (Å²) in [5, 5.41) is 0.468. The van der Waals surface area contributed by atoms with Gasteiger partial charge < -0.3 is 0 Å². The summed E-state index contributed by atoms with van der Waals surface area (Å²) in [6.45, 7) is 23.6. The number of allylic oxidation sites excluding steroid dienone is 2. The molecule has 192 valence electrons. The van der Waals surface area contributed by atoms with E-state index in [1.54, 1.807) is 0 Å². The second kappa shape index (κ2) is 9.38. The summed E-state index contributed by atoms with van der Waals surface area (Å²) < 4.78 is 2.90. The second-order valence-corrected chi connectivity index (χ2v) is 28.2. The van der Waals surface area contributed by atoms with Crippen LogP contribution in [-0.4, -0.2) is 26.4 Å². The molecule has 0 aromatic carbocycles. The number of rotatable bonds is 4. The summed E-state index contributed by atoms with van der Waals surface area (Å²) in [5.74, 6) is 0. The van der Waals surface area contributed by atoms with Crippen molar-refractivity contribution < 1.29 is 9.59 Å². The van der Waals surface area contributed by atoms with Gasteiger partial charge in [0.1, 0.15) is 0 Å².